The molecule has 2 atom stereocenters. The average Bonchev–Trinajstić information content (AvgIpc) is 2.27. The molecule has 0 spiro atoms. The van der Waals surface area contributed by atoms with Gasteiger partial charge < -0.3 is 14.9 Å². The molecule has 15 heavy (non-hydrogen) atoms. The summed E-state index contributed by atoms with van der Waals surface area (Å²) in [5.74, 6) is 0.770. The van der Waals surface area contributed by atoms with Gasteiger partial charge in [-0.05, 0) is 23.6 Å². The van der Waals surface area contributed by atoms with E-state index in [9.17, 15) is 10.2 Å². The topological polar surface area (TPSA) is 49.7 Å². The van der Waals surface area contributed by atoms with E-state index in [0.717, 1.165) is 5.75 Å². The summed E-state index contributed by atoms with van der Waals surface area (Å²) in [5.41, 5.74) is 0.706. The van der Waals surface area contributed by atoms with Gasteiger partial charge in [0, 0.05) is 0 Å². The molecule has 2 N–H and O–H groups in total. The summed E-state index contributed by atoms with van der Waals surface area (Å²) < 4.78 is 5.01. The van der Waals surface area contributed by atoms with Crippen LogP contribution < -0.4 is 4.74 Å². The Bertz CT molecular complexity index is 292. The molecule has 3 heteroatoms. The summed E-state index contributed by atoms with van der Waals surface area (Å²) in [6.07, 6.45) is -1.57. The van der Waals surface area contributed by atoms with E-state index >= 15 is 0 Å². The van der Waals surface area contributed by atoms with Crippen LogP contribution in [0.2, 0.25) is 0 Å². The molecule has 0 saturated heterocycles. The van der Waals surface area contributed by atoms with Crippen molar-refractivity contribution in [2.45, 2.75) is 26.1 Å². The van der Waals surface area contributed by atoms with Gasteiger partial charge in [-0.2, -0.15) is 0 Å². The second kappa shape index (κ2) is 5.14. The number of hydrogen-bond acceptors (Lipinski definition) is 3. The number of methoxy groups -OCH3 is 1. The molecule has 0 bridgehead atoms. The fourth-order valence-corrected chi connectivity index (χ4v) is 1.36. The van der Waals surface area contributed by atoms with Crippen molar-refractivity contribution in [1.29, 1.82) is 0 Å². The molecule has 0 aliphatic heterocycles. The smallest absolute Gasteiger partial charge is 0.118 e. The van der Waals surface area contributed by atoms with Crippen molar-refractivity contribution >= 4 is 0 Å². The molecule has 0 aromatic heterocycles. The summed E-state index contributed by atoms with van der Waals surface area (Å²) in [6, 6.07) is 7.06. The van der Waals surface area contributed by atoms with Crippen LogP contribution in [-0.4, -0.2) is 23.4 Å². The largest absolute Gasteiger partial charge is 0.497 e. The Balaban J connectivity index is 2.78. The lowest BCUT2D eigenvalue weighted by Gasteiger charge is -2.21. The van der Waals surface area contributed by atoms with Crippen molar-refractivity contribution in [3.05, 3.63) is 29.8 Å². The highest BCUT2D eigenvalue weighted by molar-refractivity contribution is 5.28. The van der Waals surface area contributed by atoms with Crippen LogP contribution >= 0.6 is 0 Å². The van der Waals surface area contributed by atoms with Gasteiger partial charge in [0.25, 0.3) is 0 Å². The standard InChI is InChI=1S/C12H18O3/c1-8(2)11(13)12(14)9-4-6-10(15-3)7-5-9/h4-8,11-14H,1-3H3. The molecule has 84 valence electrons. The van der Waals surface area contributed by atoms with Gasteiger partial charge in [0.15, 0.2) is 0 Å². The number of rotatable bonds is 4. The van der Waals surface area contributed by atoms with Crippen LogP contribution in [0.3, 0.4) is 0 Å². The summed E-state index contributed by atoms with van der Waals surface area (Å²) in [6.45, 7) is 3.74. The zero-order valence-corrected chi connectivity index (χ0v) is 9.34. The Kier molecular flexibility index (Phi) is 4.12. The summed E-state index contributed by atoms with van der Waals surface area (Å²) in [7, 11) is 1.59. The Morgan fingerprint density at radius 2 is 1.60 bits per heavy atom. The van der Waals surface area contributed by atoms with Crippen molar-refractivity contribution in [2.75, 3.05) is 7.11 Å². The third-order valence-corrected chi connectivity index (χ3v) is 2.46. The Morgan fingerprint density at radius 3 is 2.00 bits per heavy atom. The molecule has 0 aliphatic carbocycles. The number of hydrogen-bond donors (Lipinski definition) is 2. The Morgan fingerprint density at radius 1 is 1.07 bits per heavy atom. The van der Waals surface area contributed by atoms with Crippen LogP contribution in [0.25, 0.3) is 0 Å². The van der Waals surface area contributed by atoms with Crippen molar-refractivity contribution in [3.63, 3.8) is 0 Å². The van der Waals surface area contributed by atoms with Gasteiger partial charge in [-0.25, -0.2) is 0 Å². The average molecular weight is 210 g/mol. The Labute approximate surface area is 90.3 Å². The summed E-state index contributed by atoms with van der Waals surface area (Å²) in [4.78, 5) is 0. The van der Waals surface area contributed by atoms with E-state index in [1.54, 1.807) is 31.4 Å². The molecule has 0 saturated carbocycles. The number of aliphatic hydroxyl groups excluding tert-OH is 2. The quantitative estimate of drug-likeness (QED) is 0.796. The SMILES string of the molecule is COc1ccc(C(O)C(O)C(C)C)cc1. The zero-order valence-electron chi connectivity index (χ0n) is 9.34. The second-order valence-corrected chi connectivity index (χ2v) is 3.95. The first-order valence-corrected chi connectivity index (χ1v) is 5.06. The normalized spacial score (nSPS) is 15.1. The van der Waals surface area contributed by atoms with Crippen molar-refractivity contribution in [1.82, 2.24) is 0 Å². The number of benzene rings is 1. The van der Waals surface area contributed by atoms with Crippen LogP contribution in [0.5, 0.6) is 5.75 Å². The van der Waals surface area contributed by atoms with Crippen LogP contribution in [0.4, 0.5) is 0 Å². The molecule has 0 fully saturated rings. The molecule has 0 aliphatic rings. The van der Waals surface area contributed by atoms with E-state index in [0.29, 0.717) is 5.56 Å². The van der Waals surface area contributed by atoms with Gasteiger partial charge in [-0.3, -0.25) is 0 Å². The van der Waals surface area contributed by atoms with Crippen LogP contribution in [0.15, 0.2) is 24.3 Å². The number of aliphatic hydroxyl groups is 2. The Hall–Kier alpha value is -1.06. The monoisotopic (exact) mass is 210 g/mol. The second-order valence-electron chi connectivity index (χ2n) is 3.95. The minimum atomic E-state index is -0.837. The van der Waals surface area contributed by atoms with Crippen LogP contribution in [0.1, 0.15) is 25.5 Å². The van der Waals surface area contributed by atoms with Crippen molar-refractivity contribution in [3.8, 4) is 5.75 Å². The lowest BCUT2D eigenvalue weighted by Crippen LogP contribution is -2.23. The van der Waals surface area contributed by atoms with E-state index in [1.807, 2.05) is 13.8 Å². The van der Waals surface area contributed by atoms with Crippen LogP contribution in [0, 0.1) is 5.92 Å². The van der Waals surface area contributed by atoms with E-state index in [-0.39, 0.29) is 5.92 Å². The molecule has 0 radical (unpaired) electrons. The molecule has 1 aromatic rings. The first-order valence-electron chi connectivity index (χ1n) is 5.06. The van der Waals surface area contributed by atoms with E-state index in [4.69, 9.17) is 4.74 Å². The van der Waals surface area contributed by atoms with E-state index in [2.05, 4.69) is 0 Å². The van der Waals surface area contributed by atoms with Gasteiger partial charge in [0.2, 0.25) is 0 Å². The van der Waals surface area contributed by atoms with Crippen LogP contribution in [-0.2, 0) is 0 Å². The molecular weight excluding hydrogens is 192 g/mol. The third kappa shape index (κ3) is 2.94. The van der Waals surface area contributed by atoms with Gasteiger partial charge >= 0.3 is 0 Å². The zero-order chi connectivity index (χ0) is 11.4. The number of ether oxygens (including phenoxy) is 1. The van der Waals surface area contributed by atoms with Gasteiger partial charge in [0.1, 0.15) is 11.9 Å². The van der Waals surface area contributed by atoms with Gasteiger partial charge in [0.05, 0.1) is 13.2 Å². The highest BCUT2D eigenvalue weighted by Crippen LogP contribution is 2.23. The maximum absolute atomic E-state index is 9.83. The lowest BCUT2D eigenvalue weighted by molar-refractivity contribution is -0.00941. The van der Waals surface area contributed by atoms with Gasteiger partial charge in [-0.15, -0.1) is 0 Å². The molecular formula is C12H18O3. The van der Waals surface area contributed by atoms with Crippen molar-refractivity contribution < 1.29 is 14.9 Å². The maximum Gasteiger partial charge on any atom is 0.118 e. The lowest BCUT2D eigenvalue weighted by atomic mass is 9.96. The summed E-state index contributed by atoms with van der Waals surface area (Å²) >= 11 is 0. The molecule has 0 amide bonds. The van der Waals surface area contributed by atoms with Gasteiger partial charge in [-0.1, -0.05) is 26.0 Å². The molecule has 1 aromatic carbocycles. The highest BCUT2D eigenvalue weighted by Gasteiger charge is 2.21. The molecule has 0 heterocycles. The molecule has 1 rings (SSSR count). The molecule has 3 nitrogen and oxygen atoms in total. The van der Waals surface area contributed by atoms with E-state index in [1.165, 1.54) is 0 Å². The van der Waals surface area contributed by atoms with E-state index < -0.39 is 12.2 Å². The minimum absolute atomic E-state index is 0.0297. The highest BCUT2D eigenvalue weighted by atomic mass is 16.5. The first-order chi connectivity index (χ1) is 7.06. The maximum atomic E-state index is 9.83. The van der Waals surface area contributed by atoms with Crippen molar-refractivity contribution in [2.24, 2.45) is 5.92 Å². The predicted molar refractivity (Wildman–Crippen MR) is 58.8 cm³/mol. The first kappa shape index (κ1) is 12.0. The summed E-state index contributed by atoms with van der Waals surface area (Å²) in [5, 5.41) is 19.5. The third-order valence-electron chi connectivity index (χ3n) is 2.46. The fourth-order valence-electron chi connectivity index (χ4n) is 1.36. The minimum Gasteiger partial charge on any atom is -0.497 e. The predicted octanol–water partition coefficient (Wildman–Crippen LogP) is 1.75. The molecule has 2 unspecified atom stereocenters. The fraction of sp³-hybridized carbons (Fsp3) is 0.500.